The summed E-state index contributed by atoms with van der Waals surface area (Å²) in [5.74, 6) is -1.15. The molecule has 0 bridgehead atoms. The van der Waals surface area contributed by atoms with Crippen molar-refractivity contribution in [2.75, 3.05) is 13.1 Å². The molecule has 0 spiro atoms. The van der Waals surface area contributed by atoms with Crippen molar-refractivity contribution in [3.05, 3.63) is 27.7 Å². The molecule has 0 aromatic heterocycles. The van der Waals surface area contributed by atoms with Crippen LogP contribution in [0.15, 0.2) is 21.5 Å². The Bertz CT molecular complexity index is 613. The maximum absolute atomic E-state index is 12.6. The Labute approximate surface area is 127 Å². The number of sulfonamides is 1. The highest BCUT2D eigenvalue weighted by Gasteiger charge is 2.26. The molecule has 7 heteroatoms. The Morgan fingerprint density at radius 1 is 1.35 bits per heavy atom. The van der Waals surface area contributed by atoms with Gasteiger partial charge in [0.05, 0.1) is 10.5 Å². The highest BCUT2D eigenvalue weighted by molar-refractivity contribution is 9.10. The number of carbonyl (C=O) groups is 1. The maximum atomic E-state index is 12.6. The van der Waals surface area contributed by atoms with Gasteiger partial charge in [0.2, 0.25) is 10.0 Å². The third-order valence-electron chi connectivity index (χ3n) is 2.99. The summed E-state index contributed by atoms with van der Waals surface area (Å²) in [6, 6.07) is 2.63. The Morgan fingerprint density at radius 2 is 1.95 bits per heavy atom. The summed E-state index contributed by atoms with van der Waals surface area (Å²) in [4.78, 5) is 11.1. The van der Waals surface area contributed by atoms with Gasteiger partial charge in [0.1, 0.15) is 0 Å². The zero-order chi connectivity index (χ0) is 15.5. The molecule has 0 saturated heterocycles. The molecular weight excluding hydrogens is 346 g/mol. The van der Waals surface area contributed by atoms with Crippen molar-refractivity contribution in [3.63, 3.8) is 0 Å². The molecule has 0 saturated carbocycles. The van der Waals surface area contributed by atoms with Crippen LogP contribution in [-0.2, 0) is 10.0 Å². The van der Waals surface area contributed by atoms with Crippen molar-refractivity contribution in [1.82, 2.24) is 4.31 Å². The number of hydrogen-bond donors (Lipinski definition) is 1. The number of rotatable bonds is 6. The first-order valence-electron chi connectivity index (χ1n) is 6.29. The summed E-state index contributed by atoms with van der Waals surface area (Å²) < 4.78 is 27.1. The minimum absolute atomic E-state index is 0.0413. The summed E-state index contributed by atoms with van der Waals surface area (Å²) in [7, 11) is -3.68. The van der Waals surface area contributed by atoms with Gasteiger partial charge in [0.25, 0.3) is 0 Å². The smallest absolute Gasteiger partial charge is 0.335 e. The van der Waals surface area contributed by atoms with Gasteiger partial charge in [0, 0.05) is 17.6 Å². The van der Waals surface area contributed by atoms with Gasteiger partial charge in [-0.3, -0.25) is 0 Å². The minimum atomic E-state index is -3.68. The fourth-order valence-corrected chi connectivity index (χ4v) is 4.29. The fourth-order valence-electron chi connectivity index (χ4n) is 1.88. The Hall–Kier alpha value is -0.920. The summed E-state index contributed by atoms with van der Waals surface area (Å²) in [6.07, 6.45) is 0.700. The molecule has 20 heavy (non-hydrogen) atoms. The average molecular weight is 364 g/mol. The lowest BCUT2D eigenvalue weighted by Gasteiger charge is -2.21. The average Bonchev–Trinajstić information content (AvgIpc) is 2.38. The Kier molecular flexibility index (Phi) is 5.73. The maximum Gasteiger partial charge on any atom is 0.335 e. The topological polar surface area (TPSA) is 74.7 Å². The van der Waals surface area contributed by atoms with Crippen molar-refractivity contribution < 1.29 is 18.3 Å². The second-order valence-corrected chi connectivity index (χ2v) is 7.14. The van der Waals surface area contributed by atoms with E-state index in [4.69, 9.17) is 5.11 Å². The van der Waals surface area contributed by atoms with Crippen LogP contribution in [0.3, 0.4) is 0 Å². The molecule has 0 radical (unpaired) electrons. The zero-order valence-electron chi connectivity index (χ0n) is 11.7. The quantitative estimate of drug-likeness (QED) is 0.842. The lowest BCUT2D eigenvalue weighted by atomic mass is 10.1. The van der Waals surface area contributed by atoms with E-state index in [0.717, 1.165) is 0 Å². The van der Waals surface area contributed by atoms with Crippen molar-refractivity contribution in [2.24, 2.45) is 0 Å². The van der Waals surface area contributed by atoms with E-state index in [1.165, 1.54) is 16.4 Å². The second-order valence-electron chi connectivity index (χ2n) is 4.38. The van der Waals surface area contributed by atoms with Gasteiger partial charge < -0.3 is 5.11 Å². The van der Waals surface area contributed by atoms with Gasteiger partial charge in [0.15, 0.2) is 0 Å². The van der Waals surface area contributed by atoms with E-state index in [9.17, 15) is 13.2 Å². The fraction of sp³-hybridized carbons (Fsp3) is 0.462. The molecular formula is C13H18BrNO4S. The van der Waals surface area contributed by atoms with Gasteiger partial charge >= 0.3 is 5.97 Å². The van der Waals surface area contributed by atoms with Crippen LogP contribution in [0.5, 0.6) is 0 Å². The lowest BCUT2D eigenvalue weighted by molar-refractivity contribution is 0.0696. The standard InChI is InChI=1S/C13H18BrNO4S/c1-4-6-15(5-2)20(18,19)12-8-10(13(16)17)7-11(14)9(12)3/h7-8H,4-6H2,1-3H3,(H,16,17). The summed E-state index contributed by atoms with van der Waals surface area (Å²) >= 11 is 3.22. The molecule has 0 atom stereocenters. The molecule has 0 unspecified atom stereocenters. The molecule has 1 rings (SSSR count). The van der Waals surface area contributed by atoms with Crippen molar-refractivity contribution in [3.8, 4) is 0 Å². The van der Waals surface area contributed by atoms with Crippen LogP contribution in [-0.4, -0.2) is 36.9 Å². The van der Waals surface area contributed by atoms with Crippen molar-refractivity contribution >= 4 is 31.9 Å². The predicted molar refractivity (Wildman–Crippen MR) is 80.6 cm³/mol. The van der Waals surface area contributed by atoms with E-state index < -0.39 is 16.0 Å². The lowest BCUT2D eigenvalue weighted by Crippen LogP contribution is -2.32. The van der Waals surface area contributed by atoms with E-state index in [-0.39, 0.29) is 10.5 Å². The van der Waals surface area contributed by atoms with Crippen LogP contribution in [0.2, 0.25) is 0 Å². The molecule has 0 aliphatic heterocycles. The van der Waals surface area contributed by atoms with Gasteiger partial charge in [-0.25, -0.2) is 13.2 Å². The van der Waals surface area contributed by atoms with Crippen LogP contribution >= 0.6 is 15.9 Å². The normalized spacial score (nSPS) is 11.8. The van der Waals surface area contributed by atoms with Crippen molar-refractivity contribution in [2.45, 2.75) is 32.1 Å². The highest BCUT2D eigenvalue weighted by Crippen LogP contribution is 2.28. The first-order chi connectivity index (χ1) is 9.25. The molecule has 0 aliphatic carbocycles. The third kappa shape index (κ3) is 3.39. The number of carboxylic acid groups (broad SMARTS) is 1. The summed E-state index contributed by atoms with van der Waals surface area (Å²) in [5, 5.41) is 9.06. The highest BCUT2D eigenvalue weighted by atomic mass is 79.9. The number of carboxylic acids is 1. The molecule has 0 amide bonds. The van der Waals surface area contributed by atoms with Crippen LogP contribution < -0.4 is 0 Å². The van der Waals surface area contributed by atoms with Gasteiger partial charge in [-0.2, -0.15) is 4.31 Å². The largest absolute Gasteiger partial charge is 0.478 e. The number of nitrogens with zero attached hydrogens (tertiary/aromatic N) is 1. The Balaban J connectivity index is 3.48. The predicted octanol–water partition coefficient (Wildman–Crippen LogP) is 2.88. The minimum Gasteiger partial charge on any atom is -0.478 e. The van der Waals surface area contributed by atoms with Crippen molar-refractivity contribution in [1.29, 1.82) is 0 Å². The number of aromatic carboxylic acids is 1. The molecule has 0 heterocycles. The van der Waals surface area contributed by atoms with E-state index in [0.29, 0.717) is 29.5 Å². The van der Waals surface area contributed by atoms with E-state index in [1.807, 2.05) is 6.92 Å². The first-order valence-corrected chi connectivity index (χ1v) is 8.52. The number of hydrogen-bond acceptors (Lipinski definition) is 3. The van der Waals surface area contributed by atoms with Crippen LogP contribution in [0, 0.1) is 6.92 Å². The molecule has 5 nitrogen and oxygen atoms in total. The Morgan fingerprint density at radius 3 is 2.40 bits per heavy atom. The van der Waals surface area contributed by atoms with Gasteiger partial charge in [-0.15, -0.1) is 0 Å². The van der Waals surface area contributed by atoms with Gasteiger partial charge in [-0.05, 0) is 31.0 Å². The summed E-state index contributed by atoms with van der Waals surface area (Å²) in [6.45, 7) is 6.08. The van der Waals surface area contributed by atoms with Crippen LogP contribution in [0.1, 0.15) is 36.2 Å². The molecule has 1 aromatic rings. The second kappa shape index (κ2) is 6.69. The third-order valence-corrected chi connectivity index (χ3v) is 5.91. The monoisotopic (exact) mass is 363 g/mol. The van der Waals surface area contributed by atoms with E-state index in [1.54, 1.807) is 13.8 Å². The number of benzene rings is 1. The molecule has 0 fully saturated rings. The van der Waals surface area contributed by atoms with Gasteiger partial charge in [-0.1, -0.05) is 29.8 Å². The molecule has 1 N–H and O–H groups in total. The van der Waals surface area contributed by atoms with E-state index >= 15 is 0 Å². The molecule has 112 valence electrons. The summed E-state index contributed by atoms with van der Waals surface area (Å²) in [5.41, 5.74) is 0.471. The first kappa shape index (κ1) is 17.1. The van der Waals surface area contributed by atoms with Crippen LogP contribution in [0.25, 0.3) is 0 Å². The van der Waals surface area contributed by atoms with E-state index in [2.05, 4.69) is 15.9 Å². The zero-order valence-corrected chi connectivity index (χ0v) is 14.1. The molecule has 1 aromatic carbocycles. The SMILES string of the molecule is CCCN(CC)S(=O)(=O)c1cc(C(=O)O)cc(Br)c1C. The molecule has 0 aliphatic rings. The van der Waals surface area contributed by atoms with Crippen LogP contribution in [0.4, 0.5) is 0 Å². The number of halogens is 1.